The van der Waals surface area contributed by atoms with E-state index in [2.05, 4.69) is 0 Å². The lowest BCUT2D eigenvalue weighted by molar-refractivity contribution is -0.139. The third-order valence-electron chi connectivity index (χ3n) is 3.52. The van der Waals surface area contributed by atoms with Crippen molar-refractivity contribution in [2.45, 2.75) is 31.1 Å². The van der Waals surface area contributed by atoms with Gasteiger partial charge in [0.1, 0.15) is 5.82 Å². The predicted molar refractivity (Wildman–Crippen MR) is 64.0 cm³/mol. The van der Waals surface area contributed by atoms with Gasteiger partial charge in [0.15, 0.2) is 0 Å². The standard InChI is InChI=1S/C13H16F4N2/c1-19(9-3-4-9)12(7-18)10-5-2-8(14)6-11(10)13(15,16)17/h2,5-6,9,12H,3-4,7,18H2,1H3. The van der Waals surface area contributed by atoms with Crippen molar-refractivity contribution in [2.24, 2.45) is 5.73 Å². The summed E-state index contributed by atoms with van der Waals surface area (Å²) in [7, 11) is 1.76. The number of hydrogen-bond donors (Lipinski definition) is 1. The Morgan fingerprint density at radius 3 is 2.47 bits per heavy atom. The highest BCUT2D eigenvalue weighted by molar-refractivity contribution is 5.33. The van der Waals surface area contributed by atoms with E-state index in [1.54, 1.807) is 7.05 Å². The van der Waals surface area contributed by atoms with Crippen molar-refractivity contribution in [3.8, 4) is 0 Å². The monoisotopic (exact) mass is 276 g/mol. The Balaban J connectivity index is 2.41. The van der Waals surface area contributed by atoms with E-state index in [-0.39, 0.29) is 18.2 Å². The van der Waals surface area contributed by atoms with Crippen LogP contribution in [0.5, 0.6) is 0 Å². The van der Waals surface area contributed by atoms with Gasteiger partial charge in [0.05, 0.1) is 5.56 Å². The van der Waals surface area contributed by atoms with Crippen LogP contribution in [0, 0.1) is 5.82 Å². The number of likely N-dealkylation sites (N-methyl/N-ethyl adjacent to an activating group) is 1. The Bertz CT molecular complexity index is 454. The zero-order valence-corrected chi connectivity index (χ0v) is 10.5. The van der Waals surface area contributed by atoms with Crippen LogP contribution in [-0.4, -0.2) is 24.5 Å². The summed E-state index contributed by atoms with van der Waals surface area (Å²) < 4.78 is 52.0. The van der Waals surface area contributed by atoms with Gasteiger partial charge >= 0.3 is 6.18 Å². The van der Waals surface area contributed by atoms with Crippen molar-refractivity contribution >= 4 is 0 Å². The summed E-state index contributed by atoms with van der Waals surface area (Å²) in [6, 6.07) is 2.52. The second-order valence-electron chi connectivity index (χ2n) is 4.88. The van der Waals surface area contributed by atoms with Gasteiger partial charge in [-0.05, 0) is 37.6 Å². The van der Waals surface area contributed by atoms with Gasteiger partial charge in [-0.15, -0.1) is 0 Å². The maximum Gasteiger partial charge on any atom is 0.416 e. The largest absolute Gasteiger partial charge is 0.416 e. The van der Waals surface area contributed by atoms with Crippen LogP contribution in [0.2, 0.25) is 0 Å². The van der Waals surface area contributed by atoms with Gasteiger partial charge in [-0.1, -0.05) is 6.07 Å². The number of halogens is 4. The first-order valence-electron chi connectivity index (χ1n) is 6.13. The molecule has 1 atom stereocenters. The van der Waals surface area contributed by atoms with E-state index < -0.39 is 23.6 Å². The molecule has 1 fully saturated rings. The molecule has 1 aliphatic carbocycles. The summed E-state index contributed by atoms with van der Waals surface area (Å²) >= 11 is 0. The summed E-state index contributed by atoms with van der Waals surface area (Å²) in [4.78, 5) is 1.85. The third-order valence-corrected chi connectivity index (χ3v) is 3.52. The molecule has 6 heteroatoms. The molecule has 19 heavy (non-hydrogen) atoms. The Morgan fingerprint density at radius 2 is 2.00 bits per heavy atom. The molecule has 1 unspecified atom stereocenters. The average Bonchev–Trinajstić information content (AvgIpc) is 3.14. The first kappa shape index (κ1) is 14.3. The number of alkyl halides is 3. The molecule has 0 amide bonds. The van der Waals surface area contributed by atoms with E-state index in [4.69, 9.17) is 5.73 Å². The Labute approximate surface area is 109 Å². The van der Waals surface area contributed by atoms with Gasteiger partial charge in [-0.25, -0.2) is 4.39 Å². The molecule has 0 saturated heterocycles. The first-order valence-corrected chi connectivity index (χ1v) is 6.13. The lowest BCUT2D eigenvalue weighted by atomic mass is 9.98. The third kappa shape index (κ3) is 3.06. The van der Waals surface area contributed by atoms with Crippen LogP contribution in [0.4, 0.5) is 17.6 Å². The average molecular weight is 276 g/mol. The van der Waals surface area contributed by atoms with Crippen molar-refractivity contribution in [1.29, 1.82) is 0 Å². The summed E-state index contributed by atoms with van der Waals surface area (Å²) in [5, 5.41) is 0. The molecule has 0 radical (unpaired) electrons. The topological polar surface area (TPSA) is 29.3 Å². The van der Waals surface area contributed by atoms with Crippen molar-refractivity contribution in [2.75, 3.05) is 13.6 Å². The van der Waals surface area contributed by atoms with Crippen LogP contribution in [0.25, 0.3) is 0 Å². The van der Waals surface area contributed by atoms with Crippen LogP contribution in [0.15, 0.2) is 18.2 Å². The quantitative estimate of drug-likeness (QED) is 0.857. The highest BCUT2D eigenvalue weighted by atomic mass is 19.4. The maximum absolute atomic E-state index is 13.1. The van der Waals surface area contributed by atoms with E-state index in [9.17, 15) is 17.6 Å². The molecule has 0 spiro atoms. The molecule has 1 aromatic carbocycles. The molecule has 0 aliphatic heterocycles. The Morgan fingerprint density at radius 1 is 1.37 bits per heavy atom. The number of nitrogens with zero attached hydrogens (tertiary/aromatic N) is 1. The normalized spacial score (nSPS) is 17.8. The molecule has 1 aliphatic rings. The van der Waals surface area contributed by atoms with Crippen molar-refractivity contribution in [3.63, 3.8) is 0 Å². The Kier molecular flexibility index (Phi) is 3.82. The van der Waals surface area contributed by atoms with Gasteiger partial charge in [-0.3, -0.25) is 4.90 Å². The maximum atomic E-state index is 13.1. The highest BCUT2D eigenvalue weighted by Gasteiger charge is 2.38. The second-order valence-corrected chi connectivity index (χ2v) is 4.88. The van der Waals surface area contributed by atoms with Crippen molar-refractivity contribution in [3.05, 3.63) is 35.1 Å². The summed E-state index contributed by atoms with van der Waals surface area (Å²) in [5.74, 6) is -0.888. The molecule has 2 N–H and O–H groups in total. The van der Waals surface area contributed by atoms with Crippen molar-refractivity contribution in [1.82, 2.24) is 4.90 Å². The Hall–Kier alpha value is -1.14. The van der Waals surface area contributed by atoms with Crippen LogP contribution < -0.4 is 5.73 Å². The van der Waals surface area contributed by atoms with E-state index in [0.29, 0.717) is 6.07 Å². The van der Waals surface area contributed by atoms with Gasteiger partial charge in [0.25, 0.3) is 0 Å². The first-order chi connectivity index (χ1) is 8.84. The number of nitrogens with two attached hydrogens (primary N) is 1. The van der Waals surface area contributed by atoms with Gasteiger partial charge in [0.2, 0.25) is 0 Å². The number of rotatable bonds is 4. The zero-order valence-electron chi connectivity index (χ0n) is 10.5. The SMILES string of the molecule is CN(C1CC1)C(CN)c1ccc(F)cc1C(F)(F)F. The predicted octanol–water partition coefficient (Wildman–Crippen LogP) is 2.94. The second kappa shape index (κ2) is 5.09. The van der Waals surface area contributed by atoms with Crippen LogP contribution in [0.3, 0.4) is 0 Å². The highest BCUT2D eigenvalue weighted by Crippen LogP contribution is 2.39. The molecule has 0 aromatic heterocycles. The number of hydrogen-bond acceptors (Lipinski definition) is 2. The van der Waals surface area contributed by atoms with Gasteiger partial charge < -0.3 is 5.73 Å². The smallest absolute Gasteiger partial charge is 0.329 e. The summed E-state index contributed by atoms with van der Waals surface area (Å²) in [5.41, 5.74) is 4.73. The zero-order chi connectivity index (χ0) is 14.2. The molecule has 2 rings (SSSR count). The molecule has 1 saturated carbocycles. The minimum Gasteiger partial charge on any atom is -0.329 e. The van der Waals surface area contributed by atoms with Crippen LogP contribution in [0.1, 0.15) is 30.0 Å². The fraction of sp³-hybridized carbons (Fsp3) is 0.538. The molecule has 0 bridgehead atoms. The van der Waals surface area contributed by atoms with Crippen LogP contribution >= 0.6 is 0 Å². The molecule has 2 nitrogen and oxygen atoms in total. The van der Waals surface area contributed by atoms with E-state index in [0.717, 1.165) is 18.9 Å². The summed E-state index contributed by atoms with van der Waals surface area (Å²) in [6.45, 7) is 0.0711. The fourth-order valence-corrected chi connectivity index (χ4v) is 2.31. The van der Waals surface area contributed by atoms with E-state index in [1.165, 1.54) is 6.07 Å². The van der Waals surface area contributed by atoms with E-state index >= 15 is 0 Å². The lowest BCUT2D eigenvalue weighted by Gasteiger charge is -2.29. The van der Waals surface area contributed by atoms with Gasteiger partial charge in [-0.2, -0.15) is 13.2 Å². The molecular weight excluding hydrogens is 260 g/mol. The molecule has 106 valence electrons. The van der Waals surface area contributed by atoms with Crippen LogP contribution in [-0.2, 0) is 6.18 Å². The molecule has 0 heterocycles. The summed E-state index contributed by atoms with van der Waals surface area (Å²) in [6.07, 6.45) is -2.64. The van der Waals surface area contributed by atoms with Gasteiger partial charge in [0, 0.05) is 18.6 Å². The fourth-order valence-electron chi connectivity index (χ4n) is 2.31. The minimum absolute atomic E-state index is 0.0470. The molecule has 1 aromatic rings. The lowest BCUT2D eigenvalue weighted by Crippen LogP contribution is -2.33. The number of benzene rings is 1. The molecular formula is C13H16F4N2. The van der Waals surface area contributed by atoms with Crippen molar-refractivity contribution < 1.29 is 17.6 Å². The minimum atomic E-state index is -4.57. The van der Waals surface area contributed by atoms with E-state index in [1.807, 2.05) is 4.90 Å².